The fourth-order valence-electron chi connectivity index (χ4n) is 1.96. The van der Waals surface area contributed by atoms with E-state index < -0.39 is 36.2 Å². The molecule has 2 aromatic rings. The number of amides is 1. The monoisotopic (exact) mass is 453 g/mol. The number of benzene rings is 2. The van der Waals surface area contributed by atoms with Crippen molar-refractivity contribution >= 4 is 22.0 Å². The lowest BCUT2D eigenvalue weighted by Crippen LogP contribution is -2.41. The van der Waals surface area contributed by atoms with Gasteiger partial charge in [-0.1, -0.05) is 46.3 Å². The van der Waals surface area contributed by atoms with Crippen LogP contribution in [0.2, 0.25) is 0 Å². The van der Waals surface area contributed by atoms with Crippen LogP contribution in [0.1, 0.15) is 11.1 Å². The zero-order valence-electron chi connectivity index (χ0n) is 13.5. The van der Waals surface area contributed by atoms with Crippen molar-refractivity contribution in [1.82, 2.24) is 5.32 Å². The van der Waals surface area contributed by atoms with Gasteiger partial charge in [0.05, 0.1) is 5.56 Å². The molecule has 146 valence electrons. The lowest BCUT2D eigenvalue weighted by molar-refractivity contribution is -0.178. The Kier molecular flexibility index (Phi) is 6.63. The van der Waals surface area contributed by atoms with Crippen LogP contribution in [-0.2, 0) is 17.5 Å². The summed E-state index contributed by atoms with van der Waals surface area (Å²) in [4.78, 5) is 11.5. The maximum Gasteiger partial charge on any atom is 0.420 e. The minimum atomic E-state index is -4.89. The quantitative estimate of drug-likeness (QED) is 0.598. The first kappa shape index (κ1) is 20.9. The van der Waals surface area contributed by atoms with Gasteiger partial charge in [-0.3, -0.25) is 0 Å². The Morgan fingerprint density at radius 3 is 2.33 bits per heavy atom. The predicted molar refractivity (Wildman–Crippen MR) is 89.3 cm³/mol. The molecule has 0 aliphatic rings. The lowest BCUT2D eigenvalue weighted by Gasteiger charge is -2.21. The van der Waals surface area contributed by atoms with Crippen LogP contribution < -0.4 is 10.1 Å². The van der Waals surface area contributed by atoms with Crippen molar-refractivity contribution in [2.24, 2.45) is 0 Å². The van der Waals surface area contributed by atoms with E-state index in [1.807, 2.05) is 0 Å². The summed E-state index contributed by atoms with van der Waals surface area (Å²) in [6, 6.07) is 11.0. The molecule has 0 radical (unpaired) electrons. The maximum atomic E-state index is 13.8. The number of rotatable bonds is 6. The van der Waals surface area contributed by atoms with Gasteiger partial charge in [0.2, 0.25) is 0 Å². The highest BCUT2D eigenvalue weighted by Crippen LogP contribution is 2.39. The van der Waals surface area contributed by atoms with Crippen LogP contribution in [-0.4, -0.2) is 18.7 Å². The molecule has 0 spiro atoms. The van der Waals surface area contributed by atoms with Crippen LogP contribution >= 0.6 is 15.9 Å². The van der Waals surface area contributed by atoms with Crippen LogP contribution in [0.4, 0.5) is 26.7 Å². The molecule has 0 bridgehead atoms. The number of carbonyl (C=O) groups excluding carboxylic acids is 1. The third kappa shape index (κ3) is 6.70. The molecular weight excluding hydrogens is 441 g/mol. The van der Waals surface area contributed by atoms with Crippen LogP contribution in [0.3, 0.4) is 0 Å². The molecule has 2 rings (SSSR count). The molecule has 1 N–H and O–H groups in total. The van der Waals surface area contributed by atoms with Gasteiger partial charge in [-0.15, -0.1) is 0 Å². The van der Waals surface area contributed by atoms with Gasteiger partial charge in [-0.2, -0.15) is 22.0 Å². The highest BCUT2D eigenvalue weighted by atomic mass is 79.9. The zero-order chi connectivity index (χ0) is 20.1. The number of halogens is 6. The molecule has 0 saturated carbocycles. The number of hydrogen-bond acceptors (Lipinski definition) is 3. The standard InChI is InChI=1S/C17H13BrF5NO3/c18-12-6-7-14(13(8-12)17(21,22)23)27-16(19,20)10-24-15(25)26-9-11-4-2-1-3-5-11/h1-8H,9-10H2,(H,24,25). The minimum Gasteiger partial charge on any atom is -0.445 e. The Hall–Kier alpha value is -2.36. The first-order chi connectivity index (χ1) is 12.6. The number of alkyl halides is 5. The van der Waals surface area contributed by atoms with Crippen molar-refractivity contribution in [1.29, 1.82) is 0 Å². The largest absolute Gasteiger partial charge is 0.445 e. The van der Waals surface area contributed by atoms with Gasteiger partial charge in [0.1, 0.15) is 18.9 Å². The minimum absolute atomic E-state index is 0.0492. The molecule has 0 fully saturated rings. The van der Waals surface area contributed by atoms with Crippen LogP contribution in [0, 0.1) is 0 Å². The maximum absolute atomic E-state index is 13.8. The summed E-state index contributed by atoms with van der Waals surface area (Å²) < 4.78 is 75.5. The van der Waals surface area contributed by atoms with E-state index in [1.165, 1.54) is 0 Å². The Labute approximate surface area is 159 Å². The Morgan fingerprint density at radius 2 is 1.70 bits per heavy atom. The number of ether oxygens (including phenoxy) is 2. The SMILES string of the molecule is O=C(NCC(F)(F)Oc1ccc(Br)cc1C(F)(F)F)OCc1ccccc1. The van der Waals surface area contributed by atoms with Gasteiger partial charge in [-0.05, 0) is 23.8 Å². The van der Waals surface area contributed by atoms with E-state index in [-0.39, 0.29) is 11.1 Å². The molecule has 4 nitrogen and oxygen atoms in total. The summed E-state index contributed by atoms with van der Waals surface area (Å²) in [5.41, 5.74) is -0.733. The summed E-state index contributed by atoms with van der Waals surface area (Å²) in [6.07, 6.45) is -10.1. The molecule has 1 amide bonds. The van der Waals surface area contributed by atoms with E-state index in [4.69, 9.17) is 4.74 Å². The van der Waals surface area contributed by atoms with Crippen LogP contribution in [0.25, 0.3) is 0 Å². The van der Waals surface area contributed by atoms with Gasteiger partial charge < -0.3 is 14.8 Å². The first-order valence-electron chi connectivity index (χ1n) is 7.45. The number of nitrogens with one attached hydrogen (secondary N) is 1. The highest BCUT2D eigenvalue weighted by molar-refractivity contribution is 9.10. The van der Waals surface area contributed by atoms with Crippen molar-refractivity contribution in [2.75, 3.05) is 6.54 Å². The Morgan fingerprint density at radius 1 is 1.04 bits per heavy atom. The third-order valence-electron chi connectivity index (χ3n) is 3.16. The van der Waals surface area contributed by atoms with Gasteiger partial charge in [-0.25, -0.2) is 4.79 Å². The number of carbonyl (C=O) groups is 1. The lowest BCUT2D eigenvalue weighted by atomic mass is 10.2. The van der Waals surface area contributed by atoms with Gasteiger partial charge >= 0.3 is 18.4 Å². The first-order valence-corrected chi connectivity index (χ1v) is 8.24. The topological polar surface area (TPSA) is 47.6 Å². The molecule has 0 aromatic heterocycles. The normalized spacial score (nSPS) is 11.8. The van der Waals surface area contributed by atoms with Gasteiger partial charge in [0.25, 0.3) is 0 Å². The van der Waals surface area contributed by atoms with Gasteiger partial charge in [0.15, 0.2) is 0 Å². The van der Waals surface area contributed by atoms with Crippen molar-refractivity contribution in [3.05, 3.63) is 64.1 Å². The predicted octanol–water partition coefficient (Wildman–Crippen LogP) is 5.37. The van der Waals surface area contributed by atoms with E-state index >= 15 is 0 Å². The molecule has 0 heterocycles. The van der Waals surface area contributed by atoms with Crippen LogP contribution in [0.15, 0.2) is 53.0 Å². The summed E-state index contributed by atoms with van der Waals surface area (Å²) >= 11 is 2.84. The molecular formula is C17H13BrF5NO3. The summed E-state index contributed by atoms with van der Waals surface area (Å²) in [5, 5.41) is 1.76. The molecule has 0 unspecified atom stereocenters. The summed E-state index contributed by atoms with van der Waals surface area (Å²) in [7, 11) is 0. The molecule has 0 aliphatic heterocycles. The second-order valence-corrected chi connectivity index (χ2v) is 6.21. The average molecular weight is 454 g/mol. The Balaban J connectivity index is 1.94. The smallest absolute Gasteiger partial charge is 0.420 e. The average Bonchev–Trinajstić information content (AvgIpc) is 2.60. The van der Waals surface area contributed by atoms with E-state index in [9.17, 15) is 26.7 Å². The van der Waals surface area contributed by atoms with Gasteiger partial charge in [0, 0.05) is 4.47 Å². The second-order valence-electron chi connectivity index (χ2n) is 5.29. The van der Waals surface area contributed by atoms with Crippen molar-refractivity contribution in [2.45, 2.75) is 18.9 Å². The fraction of sp³-hybridized carbons (Fsp3) is 0.235. The highest BCUT2D eigenvalue weighted by Gasteiger charge is 2.39. The summed E-state index contributed by atoms with van der Waals surface area (Å²) in [5.74, 6) is -1.06. The van der Waals surface area contributed by atoms with Crippen molar-refractivity contribution in [3.63, 3.8) is 0 Å². The molecule has 27 heavy (non-hydrogen) atoms. The van der Waals surface area contributed by atoms with E-state index in [0.717, 1.165) is 12.1 Å². The molecule has 0 saturated heterocycles. The summed E-state index contributed by atoms with van der Waals surface area (Å²) in [6.45, 7) is -1.52. The zero-order valence-corrected chi connectivity index (χ0v) is 15.1. The van der Waals surface area contributed by atoms with E-state index in [0.29, 0.717) is 11.6 Å². The Bertz CT molecular complexity index is 784. The van der Waals surface area contributed by atoms with Crippen molar-refractivity contribution in [3.8, 4) is 5.75 Å². The van der Waals surface area contributed by atoms with Crippen molar-refractivity contribution < 1.29 is 36.2 Å². The fourth-order valence-corrected chi connectivity index (χ4v) is 2.32. The van der Waals surface area contributed by atoms with Crippen LogP contribution in [0.5, 0.6) is 5.75 Å². The van der Waals surface area contributed by atoms with E-state index in [1.54, 1.807) is 35.6 Å². The second kappa shape index (κ2) is 8.55. The molecule has 10 heteroatoms. The van der Waals surface area contributed by atoms with E-state index in [2.05, 4.69) is 20.7 Å². The number of alkyl carbamates (subject to hydrolysis) is 1. The molecule has 2 aromatic carbocycles. The molecule has 0 atom stereocenters. The third-order valence-corrected chi connectivity index (χ3v) is 3.65. The number of hydrogen-bond donors (Lipinski definition) is 1. The molecule has 0 aliphatic carbocycles.